The van der Waals surface area contributed by atoms with E-state index in [2.05, 4.69) is 5.32 Å². The molecule has 1 amide bonds. The molecule has 0 bridgehead atoms. The SMILES string of the molecule is COc1ccc(C(=O)N[C@@H]2Cc3ccccc3[C@H]2O)c(OC)c1. The van der Waals surface area contributed by atoms with Crippen LogP contribution < -0.4 is 14.8 Å². The second-order valence-electron chi connectivity index (χ2n) is 5.49. The van der Waals surface area contributed by atoms with Crippen molar-refractivity contribution in [3.63, 3.8) is 0 Å². The molecule has 0 aromatic heterocycles. The summed E-state index contributed by atoms with van der Waals surface area (Å²) in [5.74, 6) is 0.778. The fourth-order valence-electron chi connectivity index (χ4n) is 2.94. The molecule has 5 nitrogen and oxygen atoms in total. The predicted molar refractivity (Wildman–Crippen MR) is 85.9 cm³/mol. The normalized spacial score (nSPS) is 19.1. The van der Waals surface area contributed by atoms with Gasteiger partial charge in [-0.2, -0.15) is 0 Å². The Bertz CT molecular complexity index is 729. The Labute approximate surface area is 134 Å². The zero-order valence-electron chi connectivity index (χ0n) is 13.1. The number of aliphatic hydroxyl groups is 1. The van der Waals surface area contributed by atoms with Crippen LogP contribution in [-0.2, 0) is 6.42 Å². The van der Waals surface area contributed by atoms with E-state index in [-0.39, 0.29) is 11.9 Å². The van der Waals surface area contributed by atoms with Crippen LogP contribution in [0.4, 0.5) is 0 Å². The molecule has 0 saturated heterocycles. The third-order valence-electron chi connectivity index (χ3n) is 4.16. The Balaban J connectivity index is 1.78. The second kappa shape index (κ2) is 6.30. The molecule has 2 atom stereocenters. The predicted octanol–water partition coefficient (Wildman–Crippen LogP) is 2.09. The summed E-state index contributed by atoms with van der Waals surface area (Å²) < 4.78 is 10.4. The lowest BCUT2D eigenvalue weighted by atomic mass is 10.1. The van der Waals surface area contributed by atoms with E-state index < -0.39 is 6.10 Å². The summed E-state index contributed by atoms with van der Waals surface area (Å²) in [6.07, 6.45) is -0.0824. The number of nitrogens with one attached hydrogen (secondary N) is 1. The van der Waals surface area contributed by atoms with Crippen LogP contribution >= 0.6 is 0 Å². The minimum Gasteiger partial charge on any atom is -0.497 e. The summed E-state index contributed by atoms with van der Waals surface area (Å²) in [6.45, 7) is 0. The first-order valence-electron chi connectivity index (χ1n) is 7.42. The Kier molecular flexibility index (Phi) is 4.21. The van der Waals surface area contributed by atoms with E-state index in [4.69, 9.17) is 9.47 Å². The van der Waals surface area contributed by atoms with Gasteiger partial charge in [0.15, 0.2) is 0 Å². The molecule has 0 heterocycles. The van der Waals surface area contributed by atoms with Crippen molar-refractivity contribution in [2.45, 2.75) is 18.6 Å². The molecule has 2 N–H and O–H groups in total. The van der Waals surface area contributed by atoms with Crippen LogP contribution in [0.25, 0.3) is 0 Å². The Morgan fingerprint density at radius 3 is 2.65 bits per heavy atom. The molecule has 0 unspecified atom stereocenters. The van der Waals surface area contributed by atoms with E-state index in [0.717, 1.165) is 11.1 Å². The van der Waals surface area contributed by atoms with E-state index in [9.17, 15) is 9.90 Å². The van der Waals surface area contributed by atoms with Gasteiger partial charge < -0.3 is 19.9 Å². The average molecular weight is 313 g/mol. The zero-order valence-corrected chi connectivity index (χ0v) is 13.1. The molecule has 0 spiro atoms. The van der Waals surface area contributed by atoms with Crippen molar-refractivity contribution in [1.82, 2.24) is 5.32 Å². The minimum absolute atomic E-state index is 0.277. The van der Waals surface area contributed by atoms with E-state index in [0.29, 0.717) is 23.5 Å². The van der Waals surface area contributed by atoms with Gasteiger partial charge in [0.25, 0.3) is 5.91 Å². The third-order valence-corrected chi connectivity index (χ3v) is 4.16. The minimum atomic E-state index is -0.695. The van der Waals surface area contributed by atoms with Gasteiger partial charge in [0.2, 0.25) is 0 Å². The van der Waals surface area contributed by atoms with Gasteiger partial charge in [0, 0.05) is 6.07 Å². The first kappa shape index (κ1) is 15.4. The highest BCUT2D eigenvalue weighted by Crippen LogP contribution is 2.32. The third kappa shape index (κ3) is 2.87. The number of fused-ring (bicyclic) bond motifs is 1. The number of hydrogen-bond acceptors (Lipinski definition) is 4. The number of carbonyl (C=O) groups is 1. The molecular formula is C18H19NO4. The fraction of sp³-hybridized carbons (Fsp3) is 0.278. The number of methoxy groups -OCH3 is 2. The van der Waals surface area contributed by atoms with Crippen LogP contribution in [0, 0.1) is 0 Å². The maximum atomic E-state index is 12.5. The number of carbonyl (C=O) groups excluding carboxylic acids is 1. The Morgan fingerprint density at radius 1 is 1.17 bits per heavy atom. The van der Waals surface area contributed by atoms with Crippen LogP contribution in [0.3, 0.4) is 0 Å². The van der Waals surface area contributed by atoms with Gasteiger partial charge >= 0.3 is 0 Å². The smallest absolute Gasteiger partial charge is 0.255 e. The van der Waals surface area contributed by atoms with E-state index >= 15 is 0 Å². The number of ether oxygens (including phenoxy) is 2. The highest BCUT2D eigenvalue weighted by atomic mass is 16.5. The molecule has 2 aromatic rings. The molecule has 0 aliphatic heterocycles. The largest absolute Gasteiger partial charge is 0.497 e. The number of benzene rings is 2. The molecule has 5 heteroatoms. The lowest BCUT2D eigenvalue weighted by molar-refractivity contribution is 0.0855. The lowest BCUT2D eigenvalue weighted by Gasteiger charge is -2.18. The summed E-state index contributed by atoms with van der Waals surface area (Å²) >= 11 is 0. The zero-order chi connectivity index (χ0) is 16.4. The molecule has 1 aliphatic carbocycles. The topological polar surface area (TPSA) is 67.8 Å². The van der Waals surface area contributed by atoms with Crippen LogP contribution in [0.15, 0.2) is 42.5 Å². The van der Waals surface area contributed by atoms with Gasteiger partial charge in [-0.05, 0) is 29.7 Å². The van der Waals surface area contributed by atoms with Gasteiger partial charge in [-0.3, -0.25) is 4.79 Å². The molecule has 0 radical (unpaired) electrons. The van der Waals surface area contributed by atoms with Crippen LogP contribution in [0.2, 0.25) is 0 Å². The number of amides is 1. The highest BCUT2D eigenvalue weighted by molar-refractivity contribution is 5.97. The van der Waals surface area contributed by atoms with E-state index in [1.165, 1.54) is 7.11 Å². The summed E-state index contributed by atoms with van der Waals surface area (Å²) in [4.78, 5) is 12.5. The second-order valence-corrected chi connectivity index (χ2v) is 5.49. The number of rotatable bonds is 4. The fourth-order valence-corrected chi connectivity index (χ4v) is 2.94. The lowest BCUT2D eigenvalue weighted by Crippen LogP contribution is -2.37. The quantitative estimate of drug-likeness (QED) is 0.907. The number of aliphatic hydroxyl groups excluding tert-OH is 1. The molecule has 0 fully saturated rings. The van der Waals surface area contributed by atoms with Gasteiger partial charge in [-0.15, -0.1) is 0 Å². The standard InChI is InChI=1S/C18H19NO4/c1-22-12-7-8-14(16(10-12)23-2)18(21)19-15-9-11-5-3-4-6-13(11)17(15)20/h3-8,10,15,17,20H,9H2,1-2H3,(H,19,21)/t15-,17-/m1/s1. The molecule has 0 saturated carbocycles. The van der Waals surface area contributed by atoms with Crippen LogP contribution in [0.5, 0.6) is 11.5 Å². The molecule has 120 valence electrons. The molecule has 3 rings (SSSR count). The van der Waals surface area contributed by atoms with E-state index in [1.54, 1.807) is 25.3 Å². The monoisotopic (exact) mass is 313 g/mol. The van der Waals surface area contributed by atoms with Gasteiger partial charge in [-0.1, -0.05) is 24.3 Å². The Morgan fingerprint density at radius 2 is 1.96 bits per heavy atom. The Hall–Kier alpha value is -2.53. The van der Waals surface area contributed by atoms with Crippen molar-refractivity contribution in [2.75, 3.05) is 14.2 Å². The summed E-state index contributed by atoms with van der Waals surface area (Å²) in [6, 6.07) is 12.4. The van der Waals surface area contributed by atoms with Crippen molar-refractivity contribution < 1.29 is 19.4 Å². The highest BCUT2D eigenvalue weighted by Gasteiger charge is 2.32. The average Bonchev–Trinajstić information content (AvgIpc) is 2.90. The van der Waals surface area contributed by atoms with Gasteiger partial charge in [0.05, 0.1) is 31.9 Å². The van der Waals surface area contributed by atoms with Crippen LogP contribution in [0.1, 0.15) is 27.6 Å². The first-order chi connectivity index (χ1) is 11.1. The van der Waals surface area contributed by atoms with Gasteiger partial charge in [-0.25, -0.2) is 0 Å². The number of hydrogen-bond donors (Lipinski definition) is 2. The molecular weight excluding hydrogens is 294 g/mol. The molecule has 23 heavy (non-hydrogen) atoms. The molecule has 1 aliphatic rings. The molecule has 2 aromatic carbocycles. The van der Waals surface area contributed by atoms with Crippen molar-refractivity contribution >= 4 is 5.91 Å². The maximum absolute atomic E-state index is 12.5. The summed E-state index contributed by atoms with van der Waals surface area (Å²) in [5.41, 5.74) is 2.35. The van der Waals surface area contributed by atoms with E-state index in [1.807, 2.05) is 24.3 Å². The first-order valence-corrected chi connectivity index (χ1v) is 7.42. The van der Waals surface area contributed by atoms with Crippen molar-refractivity contribution in [3.8, 4) is 11.5 Å². The maximum Gasteiger partial charge on any atom is 0.255 e. The van der Waals surface area contributed by atoms with Crippen molar-refractivity contribution in [2.24, 2.45) is 0 Å². The summed E-state index contributed by atoms with van der Waals surface area (Å²) in [5, 5.41) is 13.3. The van der Waals surface area contributed by atoms with Crippen molar-refractivity contribution in [3.05, 3.63) is 59.2 Å². The van der Waals surface area contributed by atoms with Gasteiger partial charge in [0.1, 0.15) is 11.5 Å². The van der Waals surface area contributed by atoms with Crippen LogP contribution in [-0.4, -0.2) is 31.3 Å². The summed E-state index contributed by atoms with van der Waals surface area (Å²) in [7, 11) is 3.06. The van der Waals surface area contributed by atoms with Crippen molar-refractivity contribution in [1.29, 1.82) is 0 Å².